The predicted octanol–water partition coefficient (Wildman–Crippen LogP) is 2.21. The van der Waals surface area contributed by atoms with E-state index in [1.807, 2.05) is 11.4 Å². The molecule has 98 valence electrons. The minimum atomic E-state index is -3.29. The number of carbonyl (C=O) groups excluding carboxylic acids is 1. The molecular weight excluding hydrogens is 308 g/mol. The Morgan fingerprint density at radius 3 is 2.72 bits per heavy atom. The second kappa shape index (κ2) is 6.61. The van der Waals surface area contributed by atoms with Gasteiger partial charge in [0.25, 0.3) is 5.92 Å². The summed E-state index contributed by atoms with van der Waals surface area (Å²) in [5, 5.41) is 10.3. The van der Waals surface area contributed by atoms with Crippen LogP contribution in [-0.2, 0) is 4.79 Å². The largest absolute Gasteiger partial charge is 0.390 e. The number of halogens is 3. The van der Waals surface area contributed by atoms with Crippen molar-refractivity contribution in [3.05, 3.63) is 40.4 Å². The summed E-state index contributed by atoms with van der Waals surface area (Å²) in [6, 6.07) is 7.19. The van der Waals surface area contributed by atoms with Crippen LogP contribution in [-0.4, -0.2) is 30.1 Å². The van der Waals surface area contributed by atoms with Crippen molar-refractivity contribution in [1.82, 2.24) is 5.32 Å². The first-order chi connectivity index (χ1) is 8.44. The zero-order chi connectivity index (χ0) is 13.6. The standard InChI is InChI=1S/C12H12BrF2NO2/c13-10-4-2-1-3-9(10)5-6-11(18)16-7-12(14,15)8-17/h1-6,17H,7-8H2,(H,16,18)/b6-5+. The fourth-order valence-corrected chi connectivity index (χ4v) is 1.52. The third-order valence-corrected chi connectivity index (χ3v) is 2.79. The molecule has 1 aromatic carbocycles. The topological polar surface area (TPSA) is 49.3 Å². The van der Waals surface area contributed by atoms with Crippen LogP contribution in [0.2, 0.25) is 0 Å². The molecule has 0 radical (unpaired) electrons. The van der Waals surface area contributed by atoms with Gasteiger partial charge in [0, 0.05) is 10.5 Å². The summed E-state index contributed by atoms with van der Waals surface area (Å²) >= 11 is 3.29. The normalized spacial score (nSPS) is 11.8. The fourth-order valence-electron chi connectivity index (χ4n) is 1.11. The molecule has 3 nitrogen and oxygen atoms in total. The van der Waals surface area contributed by atoms with Gasteiger partial charge in [0.15, 0.2) is 0 Å². The number of hydrogen-bond donors (Lipinski definition) is 2. The van der Waals surface area contributed by atoms with Gasteiger partial charge in [0.2, 0.25) is 5.91 Å². The SMILES string of the molecule is O=C(/C=C/c1ccccc1Br)NCC(F)(F)CO. The van der Waals surface area contributed by atoms with E-state index in [1.165, 1.54) is 6.08 Å². The minimum absolute atomic E-state index is 0.640. The lowest BCUT2D eigenvalue weighted by Gasteiger charge is -2.12. The van der Waals surface area contributed by atoms with Gasteiger partial charge in [-0.3, -0.25) is 4.79 Å². The van der Waals surface area contributed by atoms with Gasteiger partial charge in [-0.15, -0.1) is 0 Å². The van der Waals surface area contributed by atoms with E-state index in [2.05, 4.69) is 15.9 Å². The molecule has 0 bridgehead atoms. The number of rotatable bonds is 5. The van der Waals surface area contributed by atoms with E-state index >= 15 is 0 Å². The molecule has 0 aliphatic rings. The van der Waals surface area contributed by atoms with Gasteiger partial charge in [-0.2, -0.15) is 0 Å². The van der Waals surface area contributed by atoms with Crippen molar-refractivity contribution in [2.45, 2.75) is 5.92 Å². The number of aliphatic hydroxyl groups is 1. The lowest BCUT2D eigenvalue weighted by atomic mass is 10.2. The van der Waals surface area contributed by atoms with Gasteiger partial charge in [-0.05, 0) is 17.7 Å². The molecule has 18 heavy (non-hydrogen) atoms. The summed E-state index contributed by atoms with van der Waals surface area (Å²) in [5.74, 6) is -3.93. The molecule has 0 saturated carbocycles. The van der Waals surface area contributed by atoms with Crippen LogP contribution in [0.3, 0.4) is 0 Å². The molecule has 2 N–H and O–H groups in total. The molecule has 1 aromatic rings. The maximum atomic E-state index is 12.6. The van der Waals surface area contributed by atoms with Crippen molar-refractivity contribution in [2.75, 3.05) is 13.2 Å². The van der Waals surface area contributed by atoms with E-state index in [9.17, 15) is 13.6 Å². The quantitative estimate of drug-likeness (QED) is 0.817. The van der Waals surface area contributed by atoms with Crippen molar-refractivity contribution in [2.24, 2.45) is 0 Å². The highest BCUT2D eigenvalue weighted by Gasteiger charge is 2.27. The Bertz CT molecular complexity index is 449. The zero-order valence-corrected chi connectivity index (χ0v) is 11.0. The van der Waals surface area contributed by atoms with Gasteiger partial charge in [0.05, 0.1) is 6.54 Å². The molecule has 1 amide bonds. The van der Waals surface area contributed by atoms with E-state index in [-0.39, 0.29) is 0 Å². The van der Waals surface area contributed by atoms with E-state index in [0.717, 1.165) is 16.1 Å². The van der Waals surface area contributed by atoms with Crippen molar-refractivity contribution in [1.29, 1.82) is 0 Å². The van der Waals surface area contributed by atoms with E-state index < -0.39 is 25.0 Å². The number of hydrogen-bond acceptors (Lipinski definition) is 2. The second-order valence-corrected chi connectivity index (χ2v) is 4.44. The van der Waals surface area contributed by atoms with E-state index in [4.69, 9.17) is 5.11 Å². The number of benzene rings is 1. The van der Waals surface area contributed by atoms with Crippen LogP contribution in [0.5, 0.6) is 0 Å². The monoisotopic (exact) mass is 319 g/mol. The van der Waals surface area contributed by atoms with E-state index in [0.29, 0.717) is 0 Å². The Labute approximate surface area is 112 Å². The van der Waals surface area contributed by atoms with E-state index in [1.54, 1.807) is 18.2 Å². The van der Waals surface area contributed by atoms with Crippen LogP contribution >= 0.6 is 15.9 Å². The molecular formula is C12H12BrF2NO2. The highest BCUT2D eigenvalue weighted by molar-refractivity contribution is 9.10. The number of amides is 1. The molecule has 0 aliphatic heterocycles. The smallest absolute Gasteiger partial charge is 0.287 e. The molecule has 6 heteroatoms. The first kappa shape index (κ1) is 14.8. The summed E-state index contributed by atoms with van der Waals surface area (Å²) in [6.45, 7) is -2.18. The van der Waals surface area contributed by atoms with Crippen LogP contribution in [0, 0.1) is 0 Å². The number of alkyl halides is 2. The Morgan fingerprint density at radius 2 is 2.11 bits per heavy atom. The van der Waals surface area contributed by atoms with Crippen LogP contribution < -0.4 is 5.32 Å². The molecule has 0 spiro atoms. The van der Waals surface area contributed by atoms with Gasteiger partial charge in [-0.1, -0.05) is 34.1 Å². The lowest BCUT2D eigenvalue weighted by Crippen LogP contribution is -2.38. The Morgan fingerprint density at radius 1 is 1.44 bits per heavy atom. The maximum absolute atomic E-state index is 12.6. The summed E-state index contributed by atoms with van der Waals surface area (Å²) in [6.07, 6.45) is 2.67. The number of carbonyl (C=O) groups is 1. The third-order valence-electron chi connectivity index (χ3n) is 2.07. The molecule has 0 aliphatic carbocycles. The second-order valence-electron chi connectivity index (χ2n) is 3.59. The molecule has 0 atom stereocenters. The highest BCUT2D eigenvalue weighted by atomic mass is 79.9. The average molecular weight is 320 g/mol. The van der Waals surface area contributed by atoms with Gasteiger partial charge in [-0.25, -0.2) is 8.78 Å². The van der Waals surface area contributed by atoms with Crippen molar-refractivity contribution in [3.63, 3.8) is 0 Å². The van der Waals surface area contributed by atoms with Gasteiger partial charge < -0.3 is 10.4 Å². The van der Waals surface area contributed by atoms with Gasteiger partial charge in [0.1, 0.15) is 6.61 Å². The van der Waals surface area contributed by atoms with Crippen LogP contribution in [0.15, 0.2) is 34.8 Å². The molecule has 1 rings (SSSR count). The molecule has 0 aromatic heterocycles. The van der Waals surface area contributed by atoms with Crippen LogP contribution in [0.25, 0.3) is 6.08 Å². The number of nitrogens with one attached hydrogen (secondary N) is 1. The average Bonchev–Trinajstić information content (AvgIpc) is 2.35. The summed E-state index contributed by atoms with van der Waals surface area (Å²) in [7, 11) is 0. The maximum Gasteiger partial charge on any atom is 0.287 e. The van der Waals surface area contributed by atoms with Crippen molar-refractivity contribution < 1.29 is 18.7 Å². The molecule has 0 fully saturated rings. The lowest BCUT2D eigenvalue weighted by molar-refractivity contribution is -0.119. The van der Waals surface area contributed by atoms with Crippen molar-refractivity contribution >= 4 is 27.9 Å². The number of aliphatic hydroxyl groups excluding tert-OH is 1. The minimum Gasteiger partial charge on any atom is -0.390 e. The first-order valence-corrected chi connectivity index (χ1v) is 5.93. The summed E-state index contributed by atoms with van der Waals surface area (Å²) in [4.78, 5) is 11.3. The molecule has 0 unspecified atom stereocenters. The Kier molecular flexibility index (Phi) is 5.43. The summed E-state index contributed by atoms with van der Waals surface area (Å²) in [5.41, 5.74) is 0.765. The van der Waals surface area contributed by atoms with Crippen LogP contribution in [0.1, 0.15) is 5.56 Å². The third kappa shape index (κ3) is 4.93. The molecule has 0 saturated heterocycles. The first-order valence-electron chi connectivity index (χ1n) is 5.14. The van der Waals surface area contributed by atoms with Crippen LogP contribution in [0.4, 0.5) is 8.78 Å². The Hall–Kier alpha value is -1.27. The highest BCUT2D eigenvalue weighted by Crippen LogP contribution is 2.17. The van der Waals surface area contributed by atoms with Crippen molar-refractivity contribution in [3.8, 4) is 0 Å². The molecule has 0 heterocycles. The predicted molar refractivity (Wildman–Crippen MR) is 68.2 cm³/mol. The Balaban J connectivity index is 2.53. The zero-order valence-electron chi connectivity index (χ0n) is 9.37. The van der Waals surface area contributed by atoms with Gasteiger partial charge >= 0.3 is 0 Å². The summed E-state index contributed by atoms with van der Waals surface area (Å²) < 4.78 is 26.1. The fraction of sp³-hybridized carbons (Fsp3) is 0.250.